The van der Waals surface area contributed by atoms with Gasteiger partial charge in [-0.2, -0.15) is 10.2 Å². The Balaban J connectivity index is 0.775. The first-order chi connectivity index (χ1) is 32.4. The lowest BCUT2D eigenvalue weighted by Crippen LogP contribution is -2.53. The van der Waals surface area contributed by atoms with Gasteiger partial charge in [0.15, 0.2) is 0 Å². The second-order valence-corrected chi connectivity index (χ2v) is 18.0. The smallest absolute Gasteiger partial charge is 0.140 e. The molecule has 338 valence electrons. The first kappa shape index (κ1) is 40.6. The number of hydrogen-bond donors (Lipinski definition) is 4. The Morgan fingerprint density at radius 1 is 0.652 bits per heavy atom. The first-order valence-electron chi connectivity index (χ1n) is 22.8. The number of ether oxygens (including phenoxy) is 2. The second-order valence-electron chi connectivity index (χ2n) is 18.0. The summed E-state index contributed by atoms with van der Waals surface area (Å²) in [7, 11) is 3.31. The quantitative estimate of drug-likeness (QED) is 0.0950. The zero-order valence-electron chi connectivity index (χ0n) is 36.6. The fourth-order valence-corrected chi connectivity index (χ4v) is 9.98. The first-order valence-corrected chi connectivity index (χ1v) is 22.8. The van der Waals surface area contributed by atoms with Gasteiger partial charge in [-0.25, -0.2) is 28.7 Å². The molecule has 0 spiro atoms. The molecule has 4 N–H and O–H groups in total. The van der Waals surface area contributed by atoms with Gasteiger partial charge in [-0.05, 0) is 68.3 Å². The van der Waals surface area contributed by atoms with Crippen molar-refractivity contribution in [1.82, 2.24) is 58.9 Å². The maximum atomic E-state index is 16.1. The van der Waals surface area contributed by atoms with Crippen molar-refractivity contribution >= 4 is 22.9 Å². The lowest BCUT2D eigenvalue weighted by Gasteiger charge is -2.36. The van der Waals surface area contributed by atoms with E-state index in [-0.39, 0.29) is 30.5 Å². The summed E-state index contributed by atoms with van der Waals surface area (Å²) in [4.78, 5) is 19.3. The summed E-state index contributed by atoms with van der Waals surface area (Å²) in [6.07, 6.45) is 17.2. The highest BCUT2D eigenvalue weighted by atomic mass is 19.1. The van der Waals surface area contributed by atoms with Crippen LogP contribution in [0.15, 0.2) is 98.1 Å². The van der Waals surface area contributed by atoms with Crippen LogP contribution in [0.1, 0.15) is 37.8 Å². The summed E-state index contributed by atoms with van der Waals surface area (Å²) in [5, 5.41) is 22.7. The van der Waals surface area contributed by atoms with E-state index in [2.05, 4.69) is 37.5 Å². The Morgan fingerprint density at radius 3 is 1.88 bits per heavy atom. The van der Waals surface area contributed by atoms with Gasteiger partial charge in [0, 0.05) is 78.8 Å². The van der Waals surface area contributed by atoms with Crippen LogP contribution in [0.3, 0.4) is 0 Å². The van der Waals surface area contributed by atoms with Crippen molar-refractivity contribution in [2.24, 2.45) is 11.8 Å². The van der Waals surface area contributed by atoms with Crippen molar-refractivity contribution < 1.29 is 18.3 Å². The van der Waals surface area contributed by atoms with E-state index in [1.165, 1.54) is 0 Å². The Hall–Kier alpha value is -6.92. The van der Waals surface area contributed by atoms with Crippen LogP contribution in [0, 0.1) is 11.8 Å². The predicted molar refractivity (Wildman–Crippen MR) is 246 cm³/mol. The van der Waals surface area contributed by atoms with Gasteiger partial charge < -0.3 is 30.7 Å². The maximum Gasteiger partial charge on any atom is 0.140 e. The van der Waals surface area contributed by atoms with Gasteiger partial charge in [0.2, 0.25) is 0 Å². The number of alkyl halides is 2. The van der Waals surface area contributed by atoms with Gasteiger partial charge in [0.1, 0.15) is 46.8 Å². The van der Waals surface area contributed by atoms with Crippen LogP contribution in [0.5, 0.6) is 11.5 Å². The summed E-state index contributed by atoms with van der Waals surface area (Å²) in [5.74, 6) is 2.78. The highest BCUT2D eigenvalue weighted by Gasteiger charge is 2.50. The zero-order chi connectivity index (χ0) is 44.5. The molecular weight excluding hydrogens is 843 g/mol. The molecular formula is C48H50F2N14O2. The number of hydrogen-bond acceptors (Lipinski definition) is 12. The van der Waals surface area contributed by atoms with Crippen molar-refractivity contribution in [2.45, 2.75) is 62.2 Å². The van der Waals surface area contributed by atoms with Crippen LogP contribution in [0.4, 0.5) is 20.4 Å². The molecule has 8 aromatic heterocycles. The number of pyridine rings is 4. The van der Waals surface area contributed by atoms with E-state index in [1.807, 2.05) is 104 Å². The molecule has 10 heterocycles. The molecule has 66 heavy (non-hydrogen) atoms. The molecule has 12 rings (SSSR count). The number of imidazole rings is 2. The number of rotatable bonds is 13. The molecule has 18 heteroatoms. The van der Waals surface area contributed by atoms with E-state index in [0.29, 0.717) is 60.0 Å². The molecule has 0 bridgehead atoms. The van der Waals surface area contributed by atoms with Crippen molar-refractivity contribution in [3.05, 3.63) is 98.1 Å². The second kappa shape index (κ2) is 16.5. The van der Waals surface area contributed by atoms with Crippen LogP contribution in [0.2, 0.25) is 0 Å². The van der Waals surface area contributed by atoms with E-state index in [0.717, 1.165) is 70.8 Å². The minimum atomic E-state index is -1.12. The minimum absolute atomic E-state index is 0.0121. The van der Waals surface area contributed by atoms with Crippen LogP contribution < -0.4 is 30.7 Å². The molecule has 7 atom stereocenters. The average Bonchev–Trinajstić information content (AvgIpc) is 4.07. The van der Waals surface area contributed by atoms with Gasteiger partial charge in [-0.1, -0.05) is 12.1 Å². The van der Waals surface area contributed by atoms with Gasteiger partial charge in [0.05, 0.1) is 86.0 Å². The topological polar surface area (TPSA) is 163 Å². The molecule has 4 fully saturated rings. The lowest BCUT2D eigenvalue weighted by atomic mass is 9.87. The monoisotopic (exact) mass is 892 g/mol. The Morgan fingerprint density at radius 2 is 1.26 bits per heavy atom. The van der Waals surface area contributed by atoms with Crippen LogP contribution >= 0.6 is 0 Å². The number of aromatic nitrogens is 10. The van der Waals surface area contributed by atoms with Crippen molar-refractivity contribution in [3.8, 4) is 56.5 Å². The number of anilines is 2. The SMILES string of the molecule is COc1cc2ncc(-c3cccc(NC4CCNCC4F)n3)n2cc1-c1cnn(C2CC2C2CNC[C@H](F)[C@H]2Nc2cccc(-c3cnc4cc(OC)c(-c5cnn(C6CC6)c5)cn34)n2)c1. The molecule has 0 aromatic carbocycles. The van der Waals surface area contributed by atoms with Gasteiger partial charge in [-0.15, -0.1) is 0 Å². The number of methoxy groups -OCH3 is 2. The maximum absolute atomic E-state index is 16.1. The van der Waals surface area contributed by atoms with E-state index < -0.39 is 18.4 Å². The Labute approximate surface area is 378 Å². The summed E-state index contributed by atoms with van der Waals surface area (Å²) < 4.78 is 50.4. The molecule has 16 nitrogen and oxygen atoms in total. The van der Waals surface area contributed by atoms with Crippen molar-refractivity contribution in [2.75, 3.05) is 51.0 Å². The third-order valence-electron chi connectivity index (χ3n) is 13.7. The van der Waals surface area contributed by atoms with E-state index in [4.69, 9.17) is 29.5 Å². The number of fused-ring (bicyclic) bond motifs is 2. The molecule has 8 aromatic rings. The summed E-state index contributed by atoms with van der Waals surface area (Å²) in [6.45, 7) is 2.02. The van der Waals surface area contributed by atoms with Crippen LogP contribution in [-0.4, -0.2) is 113 Å². The molecule has 2 saturated carbocycles. The molecule has 0 radical (unpaired) electrons. The number of piperidine rings is 2. The van der Waals surface area contributed by atoms with Crippen molar-refractivity contribution in [1.29, 1.82) is 0 Å². The van der Waals surface area contributed by atoms with Crippen LogP contribution in [0.25, 0.3) is 56.3 Å². The number of halogens is 2. The third-order valence-corrected chi connectivity index (χ3v) is 13.7. The standard InChI is InChI=1S/C48H50F2N14O2/c1-65-42-14-46-54-22-41(61(46)25-32(42)27-16-55-63(23-27)29-9-10-29)38-6-4-8-45(59-38)60-48-31(18-52-20-35(48)50)30-13-39(30)64-24-28(17-56-64)33-26-62-40(21-53-47(62)15-43(33)66-2)37-5-3-7-44(58-37)57-36-11-12-51-19-34(36)49/h3-8,14-17,21-26,29-31,34-36,39,48,51-52H,9-13,18-20H2,1-2H3,(H,57,58)(H,59,60)/t30?,31?,34?,35-,36?,39?,48-/m0/s1. The van der Waals surface area contributed by atoms with Gasteiger partial charge >= 0.3 is 0 Å². The molecule has 4 aliphatic rings. The predicted octanol–water partition coefficient (Wildman–Crippen LogP) is 6.90. The van der Waals surface area contributed by atoms with Crippen molar-refractivity contribution in [3.63, 3.8) is 0 Å². The third kappa shape index (κ3) is 7.46. The number of nitrogens with zero attached hydrogens (tertiary/aromatic N) is 10. The number of nitrogens with one attached hydrogen (secondary N) is 4. The molecule has 0 amide bonds. The molecule has 2 aliphatic heterocycles. The fourth-order valence-electron chi connectivity index (χ4n) is 9.98. The highest BCUT2D eigenvalue weighted by Crippen LogP contribution is 2.51. The molecule has 2 aliphatic carbocycles. The van der Waals surface area contributed by atoms with Crippen LogP contribution in [-0.2, 0) is 0 Å². The summed E-state index contributed by atoms with van der Waals surface area (Å²) in [5.41, 5.74) is 8.07. The molecule has 5 unspecified atom stereocenters. The van der Waals surface area contributed by atoms with Gasteiger partial charge in [0.25, 0.3) is 0 Å². The summed E-state index contributed by atoms with van der Waals surface area (Å²) >= 11 is 0. The minimum Gasteiger partial charge on any atom is -0.496 e. The lowest BCUT2D eigenvalue weighted by molar-refractivity contribution is 0.173. The fraction of sp³-hybridized carbons (Fsp3) is 0.375. The molecule has 2 saturated heterocycles. The highest BCUT2D eigenvalue weighted by molar-refractivity contribution is 5.75. The zero-order valence-corrected chi connectivity index (χ0v) is 36.6. The Bertz CT molecular complexity index is 3070. The Kier molecular flexibility index (Phi) is 10.1. The van der Waals surface area contributed by atoms with E-state index in [1.54, 1.807) is 20.4 Å². The van der Waals surface area contributed by atoms with E-state index in [9.17, 15) is 4.39 Å². The summed E-state index contributed by atoms with van der Waals surface area (Å²) in [6, 6.07) is 15.2. The van der Waals surface area contributed by atoms with E-state index >= 15 is 4.39 Å². The van der Waals surface area contributed by atoms with Gasteiger partial charge in [-0.3, -0.25) is 18.2 Å². The largest absolute Gasteiger partial charge is 0.496 e. The average molecular weight is 893 g/mol. The normalized spacial score (nSPS) is 24.2.